The first kappa shape index (κ1) is 19.6. The van der Waals surface area contributed by atoms with Crippen molar-refractivity contribution >= 4 is 22.5 Å². The zero-order valence-corrected chi connectivity index (χ0v) is 16.9. The first-order chi connectivity index (χ1) is 14.0. The molecule has 5 heteroatoms. The van der Waals surface area contributed by atoms with E-state index < -0.39 is 17.7 Å². The molecule has 1 saturated heterocycles. The van der Waals surface area contributed by atoms with Crippen molar-refractivity contribution in [1.29, 1.82) is 0 Å². The lowest BCUT2D eigenvalue weighted by Gasteiger charge is -2.29. The van der Waals surface area contributed by atoms with Gasteiger partial charge in [-0.05, 0) is 35.1 Å². The van der Waals surface area contributed by atoms with Gasteiger partial charge in [0, 0.05) is 19.6 Å². The Morgan fingerprint density at radius 2 is 1.97 bits per heavy atom. The van der Waals surface area contributed by atoms with Crippen molar-refractivity contribution in [1.82, 2.24) is 4.90 Å². The maximum Gasteiger partial charge on any atom is 0.290 e. The van der Waals surface area contributed by atoms with E-state index in [9.17, 15) is 14.7 Å². The van der Waals surface area contributed by atoms with Crippen molar-refractivity contribution in [2.75, 3.05) is 13.2 Å². The van der Waals surface area contributed by atoms with Crippen molar-refractivity contribution in [2.45, 2.75) is 45.3 Å². The first-order valence-electron chi connectivity index (χ1n) is 10.3. The number of carbonyl (C=O) groups is 2. The Bertz CT molecular complexity index is 967. The summed E-state index contributed by atoms with van der Waals surface area (Å²) in [5.41, 5.74) is 1.09. The molecule has 0 bridgehead atoms. The molecule has 2 atom stereocenters. The summed E-state index contributed by atoms with van der Waals surface area (Å²) in [4.78, 5) is 27.7. The van der Waals surface area contributed by atoms with Gasteiger partial charge in [0.25, 0.3) is 5.91 Å². The van der Waals surface area contributed by atoms with E-state index in [4.69, 9.17) is 4.74 Å². The van der Waals surface area contributed by atoms with Gasteiger partial charge in [0.1, 0.15) is 0 Å². The number of amides is 1. The Morgan fingerprint density at radius 1 is 1.21 bits per heavy atom. The van der Waals surface area contributed by atoms with Gasteiger partial charge in [-0.25, -0.2) is 0 Å². The predicted molar refractivity (Wildman–Crippen MR) is 111 cm³/mol. The monoisotopic (exact) mass is 393 g/mol. The maximum atomic E-state index is 13.1. The van der Waals surface area contributed by atoms with Crippen LogP contribution in [0.4, 0.5) is 0 Å². The molecule has 0 spiro atoms. The second kappa shape index (κ2) is 7.99. The molecule has 29 heavy (non-hydrogen) atoms. The van der Waals surface area contributed by atoms with Crippen molar-refractivity contribution in [2.24, 2.45) is 5.92 Å². The molecule has 2 aromatic rings. The summed E-state index contributed by atoms with van der Waals surface area (Å²) in [6.07, 6.45) is 2.07. The van der Waals surface area contributed by atoms with E-state index in [1.165, 1.54) is 0 Å². The van der Waals surface area contributed by atoms with Crippen LogP contribution in [0, 0.1) is 5.92 Å². The van der Waals surface area contributed by atoms with Gasteiger partial charge >= 0.3 is 0 Å². The van der Waals surface area contributed by atoms with E-state index in [2.05, 4.69) is 0 Å². The fraction of sp³-hybridized carbons (Fsp3) is 0.417. The fourth-order valence-electron chi connectivity index (χ4n) is 4.43. The summed E-state index contributed by atoms with van der Waals surface area (Å²) in [6, 6.07) is 13.2. The van der Waals surface area contributed by atoms with Crippen molar-refractivity contribution in [3.8, 4) is 0 Å². The number of rotatable bonds is 6. The molecule has 152 valence electrons. The summed E-state index contributed by atoms with van der Waals surface area (Å²) in [5, 5.41) is 12.7. The Hall–Kier alpha value is -2.66. The molecule has 4 rings (SSSR count). The van der Waals surface area contributed by atoms with Gasteiger partial charge in [0.2, 0.25) is 0 Å². The minimum atomic E-state index is -0.593. The average molecular weight is 393 g/mol. The Kier molecular flexibility index (Phi) is 5.41. The van der Waals surface area contributed by atoms with Gasteiger partial charge < -0.3 is 14.7 Å². The summed E-state index contributed by atoms with van der Waals surface area (Å²) < 4.78 is 5.75. The summed E-state index contributed by atoms with van der Waals surface area (Å²) in [6.45, 7) is 4.98. The molecular weight excluding hydrogens is 366 g/mol. The van der Waals surface area contributed by atoms with Crippen LogP contribution in [-0.2, 0) is 14.3 Å². The number of ether oxygens (including phenoxy) is 1. The number of aliphatic hydroxyl groups excluding tert-OH is 1. The molecule has 2 heterocycles. The van der Waals surface area contributed by atoms with E-state index in [-0.39, 0.29) is 23.4 Å². The van der Waals surface area contributed by atoms with Gasteiger partial charge in [-0.15, -0.1) is 0 Å². The van der Waals surface area contributed by atoms with Gasteiger partial charge in [-0.2, -0.15) is 0 Å². The minimum Gasteiger partial charge on any atom is -0.503 e. The second-order valence-electron chi connectivity index (χ2n) is 8.35. The average Bonchev–Trinajstić information content (AvgIpc) is 3.29. The molecule has 2 unspecified atom stereocenters. The molecule has 1 fully saturated rings. The highest BCUT2D eigenvalue weighted by Gasteiger charge is 2.44. The molecular formula is C24H27NO4. The van der Waals surface area contributed by atoms with E-state index in [0.29, 0.717) is 19.6 Å². The lowest BCUT2D eigenvalue weighted by Crippen LogP contribution is -2.37. The Labute approximate surface area is 171 Å². The second-order valence-corrected chi connectivity index (χ2v) is 8.35. The number of hydrogen-bond acceptors (Lipinski definition) is 4. The molecule has 0 aromatic heterocycles. The van der Waals surface area contributed by atoms with Crippen LogP contribution in [-0.4, -0.2) is 41.0 Å². The van der Waals surface area contributed by atoms with Gasteiger partial charge in [-0.1, -0.05) is 56.3 Å². The van der Waals surface area contributed by atoms with Crippen LogP contribution in [0.3, 0.4) is 0 Å². The standard InChI is InChI=1S/C24H27NO4/c1-15(2)13-20(26)21-22(19-11-5-8-16-7-3-4-10-18(16)19)25(24(28)23(21)27)14-17-9-6-12-29-17/h3-5,7-8,10-11,15,17,22,27H,6,9,12-14H2,1-2H3. The van der Waals surface area contributed by atoms with Crippen LogP contribution < -0.4 is 0 Å². The molecule has 1 amide bonds. The van der Waals surface area contributed by atoms with Gasteiger partial charge in [0.05, 0.1) is 17.7 Å². The normalized spacial score (nSPS) is 22.3. The van der Waals surface area contributed by atoms with Crippen LogP contribution >= 0.6 is 0 Å². The number of aliphatic hydroxyl groups is 1. The third-order valence-electron chi connectivity index (χ3n) is 5.74. The van der Waals surface area contributed by atoms with E-state index in [0.717, 1.165) is 29.2 Å². The van der Waals surface area contributed by atoms with Crippen LogP contribution in [0.15, 0.2) is 53.8 Å². The Balaban J connectivity index is 1.82. The summed E-state index contributed by atoms with van der Waals surface area (Å²) >= 11 is 0. The van der Waals surface area contributed by atoms with Gasteiger partial charge in [0.15, 0.2) is 11.5 Å². The molecule has 2 aliphatic rings. The zero-order valence-electron chi connectivity index (χ0n) is 16.9. The molecule has 0 aliphatic carbocycles. The van der Waals surface area contributed by atoms with E-state index in [1.54, 1.807) is 4.90 Å². The first-order valence-corrected chi connectivity index (χ1v) is 10.3. The van der Waals surface area contributed by atoms with Crippen molar-refractivity contribution in [3.05, 3.63) is 59.4 Å². The number of nitrogens with zero attached hydrogens (tertiary/aromatic N) is 1. The zero-order chi connectivity index (χ0) is 20.5. The maximum absolute atomic E-state index is 13.1. The topological polar surface area (TPSA) is 66.8 Å². The highest BCUT2D eigenvalue weighted by atomic mass is 16.5. The third kappa shape index (κ3) is 3.67. The lowest BCUT2D eigenvalue weighted by atomic mass is 9.89. The van der Waals surface area contributed by atoms with Gasteiger partial charge in [-0.3, -0.25) is 9.59 Å². The molecule has 0 saturated carbocycles. The third-order valence-corrected chi connectivity index (χ3v) is 5.74. The van der Waals surface area contributed by atoms with Crippen LogP contribution in [0.1, 0.15) is 44.7 Å². The molecule has 1 N–H and O–H groups in total. The minimum absolute atomic E-state index is 0.0659. The number of fused-ring (bicyclic) bond motifs is 1. The fourth-order valence-corrected chi connectivity index (χ4v) is 4.43. The van der Waals surface area contributed by atoms with Crippen molar-refractivity contribution in [3.63, 3.8) is 0 Å². The SMILES string of the molecule is CC(C)CC(=O)C1=C(O)C(=O)N(CC2CCCO2)C1c1cccc2ccccc12. The number of hydrogen-bond donors (Lipinski definition) is 1. The Morgan fingerprint density at radius 3 is 2.69 bits per heavy atom. The molecule has 0 radical (unpaired) electrons. The molecule has 2 aromatic carbocycles. The summed E-state index contributed by atoms with van der Waals surface area (Å²) in [5.74, 6) is -0.922. The molecule has 5 nitrogen and oxygen atoms in total. The van der Waals surface area contributed by atoms with Crippen LogP contribution in [0.25, 0.3) is 10.8 Å². The lowest BCUT2D eigenvalue weighted by molar-refractivity contribution is -0.131. The summed E-state index contributed by atoms with van der Waals surface area (Å²) in [7, 11) is 0. The highest BCUT2D eigenvalue weighted by molar-refractivity contribution is 6.09. The predicted octanol–water partition coefficient (Wildman–Crippen LogP) is 4.33. The van der Waals surface area contributed by atoms with Crippen LogP contribution in [0.2, 0.25) is 0 Å². The number of ketones is 1. The molecule has 2 aliphatic heterocycles. The highest BCUT2D eigenvalue weighted by Crippen LogP contribution is 2.41. The largest absolute Gasteiger partial charge is 0.503 e. The quantitative estimate of drug-likeness (QED) is 0.793. The smallest absolute Gasteiger partial charge is 0.290 e. The van der Waals surface area contributed by atoms with E-state index >= 15 is 0 Å². The number of benzene rings is 2. The number of Topliss-reactive ketones (excluding diaryl/α,β-unsaturated/α-hetero) is 1. The van der Waals surface area contributed by atoms with Crippen LogP contribution in [0.5, 0.6) is 0 Å². The number of carbonyl (C=O) groups excluding carboxylic acids is 2. The van der Waals surface area contributed by atoms with E-state index in [1.807, 2.05) is 56.3 Å². The van der Waals surface area contributed by atoms with Crippen molar-refractivity contribution < 1.29 is 19.4 Å².